The number of hydrogen-bond acceptors (Lipinski definition) is 6. The molecule has 2 rings (SSSR count). The summed E-state index contributed by atoms with van der Waals surface area (Å²) in [5, 5.41) is 6.33. The predicted molar refractivity (Wildman–Crippen MR) is 84.0 cm³/mol. The molecule has 7 nitrogen and oxygen atoms in total. The summed E-state index contributed by atoms with van der Waals surface area (Å²) in [7, 11) is 0. The van der Waals surface area contributed by atoms with Crippen molar-refractivity contribution < 1.29 is 9.32 Å². The van der Waals surface area contributed by atoms with Crippen LogP contribution in [-0.4, -0.2) is 34.1 Å². The number of carbonyl (C=O) groups excluding carboxylic acids is 1. The zero-order valence-corrected chi connectivity index (χ0v) is 13.2. The zero-order chi connectivity index (χ0) is 15.9. The van der Waals surface area contributed by atoms with Gasteiger partial charge in [0.15, 0.2) is 5.82 Å². The van der Waals surface area contributed by atoms with E-state index in [1.807, 2.05) is 0 Å². The fourth-order valence-corrected chi connectivity index (χ4v) is 2.09. The van der Waals surface area contributed by atoms with Crippen LogP contribution >= 0.6 is 0 Å². The highest BCUT2D eigenvalue weighted by Gasteiger charge is 2.12. The molecule has 0 bridgehead atoms. The van der Waals surface area contributed by atoms with Gasteiger partial charge in [-0.05, 0) is 19.8 Å². The highest BCUT2D eigenvalue weighted by atomic mass is 16.5. The standard InChI is InChI=1S/C15H21N5O2/c1-4-6-20(7-5-2)14-10-16-12(9-17-14)15(21)18-13-8-11(3)22-19-13/h8-10H,4-7H2,1-3H3,(H,18,19,21). The lowest BCUT2D eigenvalue weighted by Gasteiger charge is -2.21. The first-order valence-electron chi connectivity index (χ1n) is 7.45. The summed E-state index contributed by atoms with van der Waals surface area (Å²) >= 11 is 0. The Morgan fingerprint density at radius 2 is 1.95 bits per heavy atom. The molecular formula is C15H21N5O2. The maximum absolute atomic E-state index is 12.0. The zero-order valence-electron chi connectivity index (χ0n) is 13.2. The lowest BCUT2D eigenvalue weighted by Crippen LogP contribution is -2.26. The minimum Gasteiger partial charge on any atom is -0.360 e. The Morgan fingerprint density at radius 1 is 1.23 bits per heavy atom. The fourth-order valence-electron chi connectivity index (χ4n) is 2.09. The summed E-state index contributed by atoms with van der Waals surface area (Å²) < 4.78 is 4.90. The minimum absolute atomic E-state index is 0.248. The molecule has 0 radical (unpaired) electrons. The maximum atomic E-state index is 12.0. The molecule has 2 aromatic rings. The Bertz CT molecular complexity index is 603. The van der Waals surface area contributed by atoms with Crippen LogP contribution in [0.25, 0.3) is 0 Å². The van der Waals surface area contributed by atoms with Gasteiger partial charge in [-0.3, -0.25) is 4.79 Å². The molecule has 0 atom stereocenters. The molecule has 22 heavy (non-hydrogen) atoms. The number of aryl methyl sites for hydroxylation is 1. The number of hydrogen-bond donors (Lipinski definition) is 1. The number of nitrogens with zero attached hydrogens (tertiary/aromatic N) is 4. The molecule has 0 aliphatic heterocycles. The largest absolute Gasteiger partial charge is 0.360 e. The van der Waals surface area contributed by atoms with Gasteiger partial charge in [-0.25, -0.2) is 9.97 Å². The Balaban J connectivity index is 2.05. The van der Waals surface area contributed by atoms with Crippen LogP contribution in [0.1, 0.15) is 42.9 Å². The van der Waals surface area contributed by atoms with E-state index in [0.29, 0.717) is 11.6 Å². The second-order valence-electron chi connectivity index (χ2n) is 5.02. The van der Waals surface area contributed by atoms with Gasteiger partial charge in [0.25, 0.3) is 5.91 Å². The quantitative estimate of drug-likeness (QED) is 0.846. The van der Waals surface area contributed by atoms with Crippen LogP contribution < -0.4 is 10.2 Å². The number of carbonyl (C=O) groups is 1. The van der Waals surface area contributed by atoms with Crippen molar-refractivity contribution in [3.63, 3.8) is 0 Å². The van der Waals surface area contributed by atoms with Crippen molar-refractivity contribution in [3.05, 3.63) is 29.9 Å². The first kappa shape index (κ1) is 15.9. The van der Waals surface area contributed by atoms with Crippen molar-refractivity contribution in [3.8, 4) is 0 Å². The first-order chi connectivity index (χ1) is 10.6. The third kappa shape index (κ3) is 4.03. The van der Waals surface area contributed by atoms with Crippen LogP contribution in [0.4, 0.5) is 11.6 Å². The molecule has 0 aromatic carbocycles. The van der Waals surface area contributed by atoms with E-state index in [2.05, 4.69) is 39.2 Å². The average molecular weight is 303 g/mol. The molecule has 0 saturated carbocycles. The van der Waals surface area contributed by atoms with Gasteiger partial charge in [0.05, 0.1) is 12.4 Å². The predicted octanol–water partition coefficient (Wildman–Crippen LogP) is 2.65. The average Bonchev–Trinajstić information content (AvgIpc) is 2.92. The molecule has 2 heterocycles. The summed E-state index contributed by atoms with van der Waals surface area (Å²) in [4.78, 5) is 22.7. The summed E-state index contributed by atoms with van der Waals surface area (Å²) in [5.74, 6) is 1.43. The third-order valence-corrected chi connectivity index (χ3v) is 3.05. The van der Waals surface area contributed by atoms with Crippen molar-refractivity contribution in [1.82, 2.24) is 15.1 Å². The van der Waals surface area contributed by atoms with Gasteiger partial charge >= 0.3 is 0 Å². The van der Waals surface area contributed by atoms with Gasteiger partial charge in [-0.15, -0.1) is 0 Å². The topological polar surface area (TPSA) is 84.2 Å². The van der Waals surface area contributed by atoms with Gasteiger partial charge in [-0.2, -0.15) is 0 Å². The molecule has 0 spiro atoms. The molecule has 0 fully saturated rings. The second-order valence-corrected chi connectivity index (χ2v) is 5.02. The summed E-state index contributed by atoms with van der Waals surface area (Å²) in [5.41, 5.74) is 0.248. The monoisotopic (exact) mass is 303 g/mol. The van der Waals surface area contributed by atoms with Crippen molar-refractivity contribution in [2.24, 2.45) is 0 Å². The van der Waals surface area contributed by atoms with Crippen molar-refractivity contribution in [2.45, 2.75) is 33.6 Å². The number of rotatable bonds is 7. The van der Waals surface area contributed by atoms with E-state index in [9.17, 15) is 4.79 Å². The smallest absolute Gasteiger partial charge is 0.277 e. The van der Waals surface area contributed by atoms with Crippen LogP contribution in [0.15, 0.2) is 23.0 Å². The Kier molecular flexibility index (Phi) is 5.46. The third-order valence-electron chi connectivity index (χ3n) is 3.05. The number of nitrogens with one attached hydrogen (secondary N) is 1. The molecule has 1 amide bonds. The maximum Gasteiger partial charge on any atom is 0.277 e. The molecule has 1 N–H and O–H groups in total. The Hall–Kier alpha value is -2.44. The summed E-state index contributed by atoms with van der Waals surface area (Å²) in [6.07, 6.45) is 5.19. The van der Waals surface area contributed by atoms with Gasteiger partial charge < -0.3 is 14.7 Å². The lowest BCUT2D eigenvalue weighted by molar-refractivity contribution is 0.102. The molecule has 7 heteroatoms. The summed E-state index contributed by atoms with van der Waals surface area (Å²) in [6.45, 7) is 7.85. The van der Waals surface area contributed by atoms with Crippen LogP contribution in [0.5, 0.6) is 0 Å². The van der Waals surface area contributed by atoms with E-state index < -0.39 is 0 Å². The summed E-state index contributed by atoms with van der Waals surface area (Å²) in [6, 6.07) is 1.64. The van der Waals surface area contributed by atoms with E-state index >= 15 is 0 Å². The van der Waals surface area contributed by atoms with Crippen LogP contribution in [0, 0.1) is 6.92 Å². The molecule has 2 aromatic heterocycles. The fraction of sp³-hybridized carbons (Fsp3) is 0.467. The van der Waals surface area contributed by atoms with Crippen LogP contribution in [-0.2, 0) is 0 Å². The number of aromatic nitrogens is 3. The minimum atomic E-state index is -0.357. The molecule has 118 valence electrons. The molecule has 0 saturated heterocycles. The van der Waals surface area contributed by atoms with E-state index in [-0.39, 0.29) is 11.6 Å². The first-order valence-corrected chi connectivity index (χ1v) is 7.45. The molecule has 0 unspecified atom stereocenters. The van der Waals surface area contributed by atoms with E-state index in [1.165, 1.54) is 6.20 Å². The molecule has 0 aliphatic carbocycles. The van der Waals surface area contributed by atoms with E-state index in [1.54, 1.807) is 19.2 Å². The van der Waals surface area contributed by atoms with E-state index in [4.69, 9.17) is 4.52 Å². The molecule has 0 aliphatic rings. The number of anilines is 2. The molecular weight excluding hydrogens is 282 g/mol. The van der Waals surface area contributed by atoms with Gasteiger partial charge in [0.1, 0.15) is 17.3 Å². The van der Waals surface area contributed by atoms with Crippen molar-refractivity contribution >= 4 is 17.5 Å². The van der Waals surface area contributed by atoms with Gasteiger partial charge in [-0.1, -0.05) is 19.0 Å². The second kappa shape index (κ2) is 7.53. The normalized spacial score (nSPS) is 10.5. The van der Waals surface area contributed by atoms with Crippen molar-refractivity contribution in [2.75, 3.05) is 23.3 Å². The Morgan fingerprint density at radius 3 is 2.45 bits per heavy atom. The lowest BCUT2D eigenvalue weighted by atomic mass is 10.3. The van der Waals surface area contributed by atoms with Gasteiger partial charge in [0.2, 0.25) is 0 Å². The Labute approximate surface area is 129 Å². The number of amides is 1. The van der Waals surface area contributed by atoms with Gasteiger partial charge in [0, 0.05) is 19.2 Å². The van der Waals surface area contributed by atoms with Crippen molar-refractivity contribution in [1.29, 1.82) is 0 Å². The highest BCUT2D eigenvalue weighted by Crippen LogP contribution is 2.12. The highest BCUT2D eigenvalue weighted by molar-refractivity contribution is 6.02. The van der Waals surface area contributed by atoms with Crippen LogP contribution in [0.3, 0.4) is 0 Å². The van der Waals surface area contributed by atoms with Crippen LogP contribution in [0.2, 0.25) is 0 Å². The SMILES string of the molecule is CCCN(CCC)c1cnc(C(=O)Nc2cc(C)on2)cn1. The van der Waals surface area contributed by atoms with E-state index in [0.717, 1.165) is 31.7 Å².